The van der Waals surface area contributed by atoms with Crippen molar-refractivity contribution in [1.82, 2.24) is 9.88 Å². The number of hydrogen-bond acceptors (Lipinski definition) is 4. The first-order valence-corrected chi connectivity index (χ1v) is 9.55. The minimum atomic E-state index is -0.353. The molecule has 2 aromatic heterocycles. The second kappa shape index (κ2) is 6.51. The van der Waals surface area contributed by atoms with Crippen molar-refractivity contribution in [3.63, 3.8) is 0 Å². The van der Waals surface area contributed by atoms with E-state index in [0.29, 0.717) is 12.4 Å². The number of carbonyl (C=O) groups excluding carboxylic acids is 2. The van der Waals surface area contributed by atoms with Crippen LogP contribution in [0.25, 0.3) is 10.1 Å². The van der Waals surface area contributed by atoms with Gasteiger partial charge in [0, 0.05) is 28.7 Å². The molecule has 1 N–H and O–H groups in total. The average molecular weight is 343 g/mol. The third-order valence-corrected chi connectivity index (χ3v) is 6.05. The van der Waals surface area contributed by atoms with Gasteiger partial charge in [-0.1, -0.05) is 12.8 Å². The molecule has 126 valence electrons. The minimum absolute atomic E-state index is 0.106. The van der Waals surface area contributed by atoms with E-state index in [1.165, 1.54) is 0 Å². The minimum Gasteiger partial charge on any atom is -0.330 e. The molecular weight excluding hydrogens is 322 g/mol. The Bertz CT molecular complexity index is 766. The normalized spacial score (nSPS) is 21.5. The Hall–Kier alpha value is -1.95. The van der Waals surface area contributed by atoms with Crippen molar-refractivity contribution in [2.75, 3.05) is 11.9 Å². The Kier molecular flexibility index (Phi) is 4.22. The molecule has 1 saturated heterocycles. The zero-order valence-corrected chi connectivity index (χ0v) is 14.3. The van der Waals surface area contributed by atoms with Crippen LogP contribution < -0.4 is 5.32 Å². The molecule has 0 bridgehead atoms. The molecule has 0 spiro atoms. The summed E-state index contributed by atoms with van der Waals surface area (Å²) in [6.45, 7) is 0.698. The first kappa shape index (κ1) is 15.6. The topological polar surface area (TPSA) is 62.3 Å². The summed E-state index contributed by atoms with van der Waals surface area (Å²) in [5.41, 5.74) is 0. The van der Waals surface area contributed by atoms with Gasteiger partial charge in [-0.2, -0.15) is 0 Å². The lowest BCUT2D eigenvalue weighted by Crippen LogP contribution is -2.45. The van der Waals surface area contributed by atoms with E-state index in [0.717, 1.165) is 48.6 Å². The average Bonchev–Trinajstić information content (AvgIpc) is 3.33. The summed E-state index contributed by atoms with van der Waals surface area (Å²) in [6.07, 6.45) is 7.55. The van der Waals surface area contributed by atoms with E-state index in [-0.39, 0.29) is 23.8 Å². The smallest absolute Gasteiger partial charge is 0.248 e. The number of amides is 2. The highest BCUT2D eigenvalue weighted by atomic mass is 32.1. The van der Waals surface area contributed by atoms with Crippen LogP contribution in [0.4, 0.5) is 5.82 Å². The molecule has 2 fully saturated rings. The van der Waals surface area contributed by atoms with Gasteiger partial charge in [0.15, 0.2) is 0 Å². The fourth-order valence-electron chi connectivity index (χ4n) is 3.90. The van der Waals surface area contributed by atoms with E-state index in [2.05, 4.69) is 10.3 Å². The molecule has 0 unspecified atom stereocenters. The molecular formula is C18H21N3O2S. The molecule has 1 atom stereocenters. The molecule has 0 radical (unpaired) electrons. The Balaban J connectivity index is 1.50. The third kappa shape index (κ3) is 2.79. The van der Waals surface area contributed by atoms with Gasteiger partial charge in [-0.05, 0) is 43.2 Å². The summed E-state index contributed by atoms with van der Waals surface area (Å²) < 4.78 is 1.10. The molecule has 3 heterocycles. The summed E-state index contributed by atoms with van der Waals surface area (Å²) in [7, 11) is 0. The van der Waals surface area contributed by atoms with Crippen LogP contribution in [-0.4, -0.2) is 34.3 Å². The van der Waals surface area contributed by atoms with Crippen LogP contribution in [0.3, 0.4) is 0 Å². The molecule has 1 aliphatic heterocycles. The van der Waals surface area contributed by atoms with E-state index in [1.54, 1.807) is 22.4 Å². The molecule has 2 amide bonds. The number of nitrogens with zero attached hydrogens (tertiary/aromatic N) is 2. The number of carbonyl (C=O) groups is 2. The van der Waals surface area contributed by atoms with Crippen LogP contribution in [0.2, 0.25) is 0 Å². The SMILES string of the molecule is O=C(Nc1nccc2sccc12)[C@H]1CCCN1C(=O)C1CCCC1. The van der Waals surface area contributed by atoms with Crippen molar-refractivity contribution < 1.29 is 9.59 Å². The largest absolute Gasteiger partial charge is 0.330 e. The van der Waals surface area contributed by atoms with Gasteiger partial charge in [0.25, 0.3) is 0 Å². The zero-order valence-electron chi connectivity index (χ0n) is 13.5. The highest BCUT2D eigenvalue weighted by Gasteiger charge is 2.37. The molecule has 4 rings (SSSR count). The standard InChI is InChI=1S/C18H21N3O2S/c22-17(20-16-13-8-11-24-15(13)7-9-19-16)14-6-3-10-21(14)18(23)12-4-1-2-5-12/h7-9,11-12,14H,1-6,10H2,(H,19,20,22)/t14-/m1/s1. The Morgan fingerprint density at radius 3 is 2.83 bits per heavy atom. The maximum absolute atomic E-state index is 12.8. The van der Waals surface area contributed by atoms with Gasteiger partial charge in [-0.15, -0.1) is 11.3 Å². The number of aromatic nitrogens is 1. The fourth-order valence-corrected chi connectivity index (χ4v) is 4.69. The molecule has 1 saturated carbocycles. The van der Waals surface area contributed by atoms with Crippen molar-refractivity contribution in [3.05, 3.63) is 23.7 Å². The molecule has 24 heavy (non-hydrogen) atoms. The van der Waals surface area contributed by atoms with Crippen LogP contribution in [0.15, 0.2) is 23.7 Å². The number of thiophene rings is 1. The predicted octanol–water partition coefficient (Wildman–Crippen LogP) is 3.42. The van der Waals surface area contributed by atoms with Crippen LogP contribution in [-0.2, 0) is 9.59 Å². The van der Waals surface area contributed by atoms with E-state index in [1.807, 2.05) is 17.5 Å². The second-order valence-corrected chi connectivity index (χ2v) is 7.60. The highest BCUT2D eigenvalue weighted by Crippen LogP contribution is 2.31. The summed E-state index contributed by atoms with van der Waals surface area (Å²) in [4.78, 5) is 31.6. The Morgan fingerprint density at radius 2 is 2.00 bits per heavy atom. The van der Waals surface area contributed by atoms with Crippen molar-refractivity contribution in [1.29, 1.82) is 0 Å². The fraction of sp³-hybridized carbons (Fsp3) is 0.500. The quantitative estimate of drug-likeness (QED) is 0.929. The van der Waals surface area contributed by atoms with E-state index < -0.39 is 0 Å². The summed E-state index contributed by atoms with van der Waals surface area (Å²) in [5.74, 6) is 0.785. The molecule has 2 aromatic rings. The van der Waals surface area contributed by atoms with Gasteiger partial charge in [-0.25, -0.2) is 4.98 Å². The number of likely N-dealkylation sites (tertiary alicyclic amines) is 1. The maximum atomic E-state index is 12.8. The first-order valence-electron chi connectivity index (χ1n) is 8.67. The number of fused-ring (bicyclic) bond motifs is 1. The third-order valence-electron chi connectivity index (χ3n) is 5.16. The van der Waals surface area contributed by atoms with Gasteiger partial charge in [0.1, 0.15) is 11.9 Å². The van der Waals surface area contributed by atoms with Crippen molar-refractivity contribution in [2.45, 2.75) is 44.6 Å². The maximum Gasteiger partial charge on any atom is 0.248 e. The van der Waals surface area contributed by atoms with Gasteiger partial charge in [0.05, 0.1) is 0 Å². The van der Waals surface area contributed by atoms with Gasteiger partial charge < -0.3 is 10.2 Å². The Morgan fingerprint density at radius 1 is 1.17 bits per heavy atom. The lowest BCUT2D eigenvalue weighted by Gasteiger charge is -2.26. The van der Waals surface area contributed by atoms with Crippen LogP contribution in [0, 0.1) is 5.92 Å². The Labute approximate surface area is 145 Å². The molecule has 1 aliphatic carbocycles. The predicted molar refractivity (Wildman–Crippen MR) is 94.9 cm³/mol. The molecule has 5 nitrogen and oxygen atoms in total. The number of anilines is 1. The number of rotatable bonds is 3. The van der Waals surface area contributed by atoms with E-state index >= 15 is 0 Å². The van der Waals surface area contributed by atoms with Crippen LogP contribution >= 0.6 is 11.3 Å². The van der Waals surface area contributed by atoms with Gasteiger partial charge in [-0.3, -0.25) is 9.59 Å². The number of hydrogen-bond donors (Lipinski definition) is 1. The first-order chi connectivity index (χ1) is 11.7. The number of nitrogens with one attached hydrogen (secondary N) is 1. The summed E-state index contributed by atoms with van der Waals surface area (Å²) in [5, 5.41) is 5.91. The van der Waals surface area contributed by atoms with E-state index in [9.17, 15) is 9.59 Å². The zero-order chi connectivity index (χ0) is 16.5. The summed E-state index contributed by atoms with van der Waals surface area (Å²) >= 11 is 1.63. The number of pyridine rings is 1. The van der Waals surface area contributed by atoms with Crippen LogP contribution in [0.1, 0.15) is 38.5 Å². The lowest BCUT2D eigenvalue weighted by atomic mass is 10.1. The molecule has 2 aliphatic rings. The monoisotopic (exact) mass is 343 g/mol. The van der Waals surface area contributed by atoms with Crippen molar-refractivity contribution in [3.8, 4) is 0 Å². The van der Waals surface area contributed by atoms with Crippen molar-refractivity contribution >= 4 is 39.1 Å². The van der Waals surface area contributed by atoms with Crippen LogP contribution in [0.5, 0.6) is 0 Å². The van der Waals surface area contributed by atoms with E-state index in [4.69, 9.17) is 0 Å². The highest BCUT2D eigenvalue weighted by molar-refractivity contribution is 7.17. The lowest BCUT2D eigenvalue weighted by molar-refractivity contribution is -0.140. The van der Waals surface area contributed by atoms with Gasteiger partial charge in [0.2, 0.25) is 11.8 Å². The molecule has 0 aromatic carbocycles. The van der Waals surface area contributed by atoms with Gasteiger partial charge >= 0.3 is 0 Å². The van der Waals surface area contributed by atoms with Crippen molar-refractivity contribution in [2.24, 2.45) is 5.92 Å². The summed E-state index contributed by atoms with van der Waals surface area (Å²) in [6, 6.07) is 3.56. The second-order valence-electron chi connectivity index (χ2n) is 6.65. The molecule has 6 heteroatoms.